The van der Waals surface area contributed by atoms with Gasteiger partial charge in [0, 0.05) is 56.6 Å². The van der Waals surface area contributed by atoms with Crippen LogP contribution in [0.4, 0.5) is 5.69 Å². The molecule has 3 aliphatic rings. The van der Waals surface area contributed by atoms with Gasteiger partial charge < -0.3 is 4.90 Å². The standard InChI is InChI=1S/C18H24N6O/c25-18-5-3-6-22(18)15-9-20-24(13-15)16-11-21(12-16)10-14-8-19-23-7-2-1-4-17(14)23/h8-9,13,16H,1-7,10-12H2. The predicted octanol–water partition coefficient (Wildman–Crippen LogP) is 1.60. The number of likely N-dealkylation sites (tertiary alicyclic amines) is 1. The molecule has 5 rings (SSSR count). The highest BCUT2D eigenvalue weighted by Gasteiger charge is 2.31. The average Bonchev–Trinajstić information content (AvgIpc) is 3.30. The van der Waals surface area contributed by atoms with Crippen LogP contribution in [0.15, 0.2) is 18.6 Å². The molecule has 3 aliphatic heterocycles. The van der Waals surface area contributed by atoms with E-state index in [0.29, 0.717) is 12.5 Å². The fourth-order valence-corrected chi connectivity index (χ4v) is 4.29. The molecule has 0 radical (unpaired) electrons. The second kappa shape index (κ2) is 5.98. The molecule has 0 spiro atoms. The van der Waals surface area contributed by atoms with Crippen molar-refractivity contribution in [2.24, 2.45) is 0 Å². The van der Waals surface area contributed by atoms with Gasteiger partial charge in [-0.3, -0.25) is 19.1 Å². The minimum atomic E-state index is 0.223. The maximum absolute atomic E-state index is 11.9. The fourth-order valence-electron chi connectivity index (χ4n) is 4.29. The molecule has 0 N–H and O–H groups in total. The van der Waals surface area contributed by atoms with Crippen LogP contribution in [0.25, 0.3) is 0 Å². The van der Waals surface area contributed by atoms with Crippen LogP contribution in [-0.2, 0) is 24.3 Å². The second-order valence-electron chi connectivity index (χ2n) is 7.47. The lowest BCUT2D eigenvalue weighted by molar-refractivity contribution is -0.117. The van der Waals surface area contributed by atoms with E-state index in [2.05, 4.69) is 26.0 Å². The molecule has 1 amide bonds. The van der Waals surface area contributed by atoms with Crippen LogP contribution in [0, 0.1) is 0 Å². The Morgan fingerprint density at radius 2 is 1.96 bits per heavy atom. The summed E-state index contributed by atoms with van der Waals surface area (Å²) >= 11 is 0. The molecule has 0 aliphatic carbocycles. The zero-order valence-electron chi connectivity index (χ0n) is 14.5. The van der Waals surface area contributed by atoms with Crippen LogP contribution >= 0.6 is 0 Å². The topological polar surface area (TPSA) is 59.2 Å². The van der Waals surface area contributed by atoms with E-state index in [0.717, 1.165) is 44.8 Å². The molecule has 7 nitrogen and oxygen atoms in total. The lowest BCUT2D eigenvalue weighted by Gasteiger charge is -2.39. The summed E-state index contributed by atoms with van der Waals surface area (Å²) in [6.45, 7) is 4.92. The summed E-state index contributed by atoms with van der Waals surface area (Å²) in [6, 6.07) is 0.415. The van der Waals surface area contributed by atoms with Gasteiger partial charge in [0.05, 0.1) is 24.1 Å². The van der Waals surface area contributed by atoms with Gasteiger partial charge in [-0.1, -0.05) is 0 Å². The van der Waals surface area contributed by atoms with Gasteiger partial charge in [-0.2, -0.15) is 10.2 Å². The van der Waals surface area contributed by atoms with E-state index >= 15 is 0 Å². The Hall–Kier alpha value is -2.15. The van der Waals surface area contributed by atoms with E-state index in [-0.39, 0.29) is 5.91 Å². The normalized spacial score (nSPS) is 21.6. The van der Waals surface area contributed by atoms with Crippen molar-refractivity contribution in [3.63, 3.8) is 0 Å². The number of nitrogens with zero attached hydrogens (tertiary/aromatic N) is 6. The molecule has 7 heteroatoms. The highest BCUT2D eigenvalue weighted by molar-refractivity contribution is 5.95. The minimum absolute atomic E-state index is 0.223. The SMILES string of the molecule is O=C1CCCN1c1cnn(C2CN(Cc3cnn4c3CCCC4)C2)c1. The maximum Gasteiger partial charge on any atom is 0.227 e. The molecule has 2 fully saturated rings. The Morgan fingerprint density at radius 3 is 2.80 bits per heavy atom. The first-order valence-corrected chi connectivity index (χ1v) is 9.38. The molecule has 0 saturated carbocycles. The van der Waals surface area contributed by atoms with Crippen molar-refractivity contribution in [2.45, 2.75) is 51.2 Å². The molecule has 2 saturated heterocycles. The van der Waals surface area contributed by atoms with Gasteiger partial charge in [0.2, 0.25) is 5.91 Å². The molecular formula is C18H24N6O. The van der Waals surface area contributed by atoms with Crippen LogP contribution < -0.4 is 4.90 Å². The van der Waals surface area contributed by atoms with Crippen LogP contribution in [0.1, 0.15) is 43.0 Å². The zero-order valence-corrected chi connectivity index (χ0v) is 14.5. The Labute approximate surface area is 147 Å². The number of fused-ring (bicyclic) bond motifs is 1. The van der Waals surface area contributed by atoms with Crippen molar-refractivity contribution in [3.8, 4) is 0 Å². The number of rotatable bonds is 4. The lowest BCUT2D eigenvalue weighted by Crippen LogP contribution is -2.47. The van der Waals surface area contributed by atoms with Crippen molar-refractivity contribution in [3.05, 3.63) is 29.8 Å². The Kier molecular flexibility index (Phi) is 3.62. The zero-order chi connectivity index (χ0) is 16.8. The van der Waals surface area contributed by atoms with Gasteiger partial charge >= 0.3 is 0 Å². The largest absolute Gasteiger partial charge is 0.309 e. The van der Waals surface area contributed by atoms with Crippen molar-refractivity contribution < 1.29 is 4.79 Å². The van der Waals surface area contributed by atoms with Crippen LogP contribution in [0.3, 0.4) is 0 Å². The number of carbonyl (C=O) groups excluding carboxylic acids is 1. The van der Waals surface area contributed by atoms with Crippen LogP contribution in [0.2, 0.25) is 0 Å². The van der Waals surface area contributed by atoms with E-state index in [1.165, 1.54) is 30.5 Å². The maximum atomic E-state index is 11.9. The average molecular weight is 340 g/mol. The van der Waals surface area contributed by atoms with Gasteiger partial charge in [0.1, 0.15) is 0 Å². The van der Waals surface area contributed by atoms with Crippen LogP contribution in [0.5, 0.6) is 0 Å². The molecule has 0 atom stereocenters. The number of anilines is 1. The number of hydrogen-bond acceptors (Lipinski definition) is 4. The molecule has 0 unspecified atom stereocenters. The summed E-state index contributed by atoms with van der Waals surface area (Å²) in [5, 5.41) is 9.03. The van der Waals surface area contributed by atoms with Crippen LogP contribution in [-0.4, -0.2) is 50.0 Å². The van der Waals surface area contributed by atoms with Crippen molar-refractivity contribution in [1.29, 1.82) is 0 Å². The van der Waals surface area contributed by atoms with E-state index in [1.807, 2.05) is 22.0 Å². The molecule has 25 heavy (non-hydrogen) atoms. The smallest absolute Gasteiger partial charge is 0.227 e. The summed E-state index contributed by atoms with van der Waals surface area (Å²) in [7, 11) is 0. The van der Waals surface area contributed by atoms with Gasteiger partial charge in [0.25, 0.3) is 0 Å². The highest BCUT2D eigenvalue weighted by atomic mass is 16.2. The summed E-state index contributed by atoms with van der Waals surface area (Å²) < 4.78 is 4.22. The highest BCUT2D eigenvalue weighted by Crippen LogP contribution is 2.28. The Morgan fingerprint density at radius 1 is 1.04 bits per heavy atom. The van der Waals surface area contributed by atoms with Gasteiger partial charge in [-0.05, 0) is 25.7 Å². The second-order valence-corrected chi connectivity index (χ2v) is 7.47. The predicted molar refractivity (Wildman–Crippen MR) is 93.3 cm³/mol. The quantitative estimate of drug-likeness (QED) is 0.848. The summed E-state index contributed by atoms with van der Waals surface area (Å²) in [6.07, 6.45) is 11.2. The lowest BCUT2D eigenvalue weighted by atomic mass is 10.0. The molecule has 5 heterocycles. The molecule has 2 aromatic rings. The summed E-state index contributed by atoms with van der Waals surface area (Å²) in [5.74, 6) is 0.223. The molecule has 0 aromatic carbocycles. The van der Waals surface area contributed by atoms with E-state index in [4.69, 9.17) is 0 Å². The fraction of sp³-hybridized carbons (Fsp3) is 0.611. The van der Waals surface area contributed by atoms with Crippen molar-refractivity contribution in [2.75, 3.05) is 24.5 Å². The van der Waals surface area contributed by atoms with E-state index < -0.39 is 0 Å². The summed E-state index contributed by atoms with van der Waals surface area (Å²) in [4.78, 5) is 16.2. The number of carbonyl (C=O) groups is 1. The minimum Gasteiger partial charge on any atom is -0.309 e. The number of aromatic nitrogens is 4. The Bertz CT molecular complexity index is 787. The third-order valence-electron chi connectivity index (χ3n) is 5.75. The molecule has 2 aromatic heterocycles. The third-order valence-corrected chi connectivity index (χ3v) is 5.75. The van der Waals surface area contributed by atoms with E-state index in [1.54, 1.807) is 0 Å². The molecular weight excluding hydrogens is 316 g/mol. The third kappa shape index (κ3) is 2.66. The number of amides is 1. The first kappa shape index (κ1) is 15.1. The van der Waals surface area contributed by atoms with Crippen molar-refractivity contribution in [1.82, 2.24) is 24.5 Å². The van der Waals surface area contributed by atoms with Gasteiger partial charge in [-0.25, -0.2) is 0 Å². The van der Waals surface area contributed by atoms with Gasteiger partial charge in [0.15, 0.2) is 0 Å². The Balaban J connectivity index is 1.20. The van der Waals surface area contributed by atoms with Gasteiger partial charge in [-0.15, -0.1) is 0 Å². The first-order chi connectivity index (χ1) is 12.3. The summed E-state index contributed by atoms with van der Waals surface area (Å²) in [5.41, 5.74) is 3.78. The first-order valence-electron chi connectivity index (χ1n) is 9.38. The van der Waals surface area contributed by atoms with E-state index in [9.17, 15) is 4.79 Å². The monoisotopic (exact) mass is 340 g/mol. The molecule has 132 valence electrons. The number of aryl methyl sites for hydroxylation is 1. The van der Waals surface area contributed by atoms with Crippen molar-refractivity contribution >= 4 is 11.6 Å². The molecule has 0 bridgehead atoms. The number of hydrogen-bond donors (Lipinski definition) is 0.